The van der Waals surface area contributed by atoms with Crippen molar-refractivity contribution in [2.75, 3.05) is 13.1 Å². The van der Waals surface area contributed by atoms with Crippen LogP contribution in [0.25, 0.3) is 0 Å². The van der Waals surface area contributed by atoms with Crippen molar-refractivity contribution < 1.29 is 14.3 Å². The number of aryl methyl sites for hydroxylation is 1. The first-order valence-corrected chi connectivity index (χ1v) is 12.2. The Hall–Kier alpha value is -2.54. The molecule has 0 N–H and O–H groups in total. The van der Waals surface area contributed by atoms with Crippen LogP contribution in [0.4, 0.5) is 0 Å². The maximum Gasteiger partial charge on any atom is 0.338 e. The Labute approximate surface area is 194 Å². The fourth-order valence-corrected chi connectivity index (χ4v) is 5.44. The van der Waals surface area contributed by atoms with Crippen LogP contribution in [0.3, 0.4) is 0 Å². The summed E-state index contributed by atoms with van der Waals surface area (Å²) >= 11 is 1.51. The lowest BCUT2D eigenvalue weighted by Gasteiger charge is -2.37. The Balaban J connectivity index is 1.70. The largest absolute Gasteiger partial charge is 0.459 e. The highest BCUT2D eigenvalue weighted by Crippen LogP contribution is 2.45. The van der Waals surface area contributed by atoms with Gasteiger partial charge in [-0.3, -0.25) is 4.79 Å². The number of aliphatic imine (C=N–C) groups is 1. The van der Waals surface area contributed by atoms with E-state index >= 15 is 0 Å². The minimum atomic E-state index is -0.371. The van der Waals surface area contributed by atoms with Gasteiger partial charge in [0.15, 0.2) is 5.17 Å². The summed E-state index contributed by atoms with van der Waals surface area (Å²) in [7, 11) is 0. The summed E-state index contributed by atoms with van der Waals surface area (Å²) < 4.78 is 5.61. The maximum absolute atomic E-state index is 13.2. The van der Waals surface area contributed by atoms with Gasteiger partial charge in [-0.25, -0.2) is 9.79 Å². The van der Waals surface area contributed by atoms with E-state index < -0.39 is 0 Å². The predicted molar refractivity (Wildman–Crippen MR) is 128 cm³/mol. The predicted octanol–water partition coefficient (Wildman–Crippen LogP) is 4.92. The van der Waals surface area contributed by atoms with E-state index in [1.807, 2.05) is 56.2 Å². The van der Waals surface area contributed by atoms with E-state index in [-0.39, 0.29) is 24.0 Å². The summed E-state index contributed by atoms with van der Waals surface area (Å²) in [6, 6.07) is 7.80. The minimum Gasteiger partial charge on any atom is -0.459 e. The van der Waals surface area contributed by atoms with Gasteiger partial charge in [-0.1, -0.05) is 41.6 Å². The number of rotatable bonds is 5. The SMILES string of the molecule is CC1=C(C(=O)OC(C)C)C(c2cccc(C)c2)N2C(CC(=O)N3CCCCC3)=CSC2=N1. The van der Waals surface area contributed by atoms with Crippen LogP contribution in [0.5, 0.6) is 0 Å². The molecule has 7 heteroatoms. The van der Waals surface area contributed by atoms with E-state index in [0.717, 1.165) is 47.9 Å². The Morgan fingerprint density at radius 1 is 1.19 bits per heavy atom. The van der Waals surface area contributed by atoms with Crippen molar-refractivity contribution in [2.45, 2.75) is 65.5 Å². The van der Waals surface area contributed by atoms with Crippen molar-refractivity contribution in [3.8, 4) is 0 Å². The molecule has 3 heterocycles. The number of likely N-dealkylation sites (tertiary alicyclic amines) is 1. The molecule has 3 aliphatic rings. The van der Waals surface area contributed by atoms with Gasteiger partial charge in [-0.2, -0.15) is 0 Å². The van der Waals surface area contributed by atoms with Crippen molar-refractivity contribution in [1.29, 1.82) is 0 Å². The Kier molecular flexibility index (Phi) is 6.74. The van der Waals surface area contributed by atoms with Crippen LogP contribution in [0.2, 0.25) is 0 Å². The van der Waals surface area contributed by atoms with Crippen LogP contribution in [-0.4, -0.2) is 46.0 Å². The summed E-state index contributed by atoms with van der Waals surface area (Å²) in [5.41, 5.74) is 4.19. The van der Waals surface area contributed by atoms with Gasteiger partial charge in [0.1, 0.15) is 0 Å². The third-order valence-corrected chi connectivity index (χ3v) is 6.85. The molecule has 1 aromatic rings. The van der Waals surface area contributed by atoms with Crippen LogP contribution in [0.15, 0.2) is 51.6 Å². The second-order valence-corrected chi connectivity index (χ2v) is 9.72. The number of hydrogen-bond donors (Lipinski definition) is 0. The molecule has 1 aromatic carbocycles. The van der Waals surface area contributed by atoms with Crippen LogP contribution in [0.1, 0.15) is 63.6 Å². The molecule has 0 spiro atoms. The topological polar surface area (TPSA) is 62.2 Å². The zero-order chi connectivity index (χ0) is 22.8. The van der Waals surface area contributed by atoms with E-state index in [4.69, 9.17) is 9.73 Å². The van der Waals surface area contributed by atoms with Gasteiger partial charge in [0, 0.05) is 18.8 Å². The Morgan fingerprint density at radius 2 is 1.94 bits per heavy atom. The van der Waals surface area contributed by atoms with E-state index in [1.54, 1.807) is 0 Å². The number of benzene rings is 1. The summed E-state index contributed by atoms with van der Waals surface area (Å²) in [4.78, 5) is 35.0. The number of piperidine rings is 1. The molecule has 4 rings (SSSR count). The Morgan fingerprint density at radius 3 is 2.62 bits per heavy atom. The number of fused-ring (bicyclic) bond motifs is 1. The molecule has 0 bridgehead atoms. The summed E-state index contributed by atoms with van der Waals surface area (Å²) in [5, 5.41) is 2.81. The van der Waals surface area contributed by atoms with Gasteiger partial charge in [-0.05, 0) is 57.9 Å². The molecule has 1 atom stereocenters. The standard InChI is InChI=1S/C25H31N3O3S/c1-16(2)31-24(30)22-18(4)26-25-28(23(22)19-10-8-9-17(3)13-19)20(15-32-25)14-21(29)27-11-6-5-7-12-27/h8-10,13,15-16,23H,5-7,11-12,14H2,1-4H3. The molecule has 1 unspecified atom stereocenters. The number of allylic oxidation sites excluding steroid dienone is 1. The molecule has 3 aliphatic heterocycles. The van der Waals surface area contributed by atoms with Crippen LogP contribution in [-0.2, 0) is 14.3 Å². The first kappa shape index (κ1) is 22.6. The number of carbonyl (C=O) groups is 2. The average Bonchev–Trinajstić information content (AvgIpc) is 3.14. The van der Waals surface area contributed by atoms with E-state index in [0.29, 0.717) is 17.7 Å². The zero-order valence-electron chi connectivity index (χ0n) is 19.3. The molecule has 170 valence electrons. The molecule has 1 amide bonds. The minimum absolute atomic E-state index is 0.137. The van der Waals surface area contributed by atoms with Crippen LogP contribution < -0.4 is 0 Å². The smallest absolute Gasteiger partial charge is 0.338 e. The number of carbonyl (C=O) groups excluding carboxylic acids is 2. The lowest BCUT2D eigenvalue weighted by Crippen LogP contribution is -2.40. The third-order valence-electron chi connectivity index (χ3n) is 5.96. The molecule has 6 nitrogen and oxygen atoms in total. The number of ether oxygens (including phenoxy) is 1. The Bertz CT molecular complexity index is 1010. The fraction of sp³-hybridized carbons (Fsp3) is 0.480. The second kappa shape index (κ2) is 9.53. The molecule has 0 aliphatic carbocycles. The van der Waals surface area contributed by atoms with Gasteiger partial charge in [-0.15, -0.1) is 0 Å². The van der Waals surface area contributed by atoms with Gasteiger partial charge >= 0.3 is 5.97 Å². The summed E-state index contributed by atoms with van der Waals surface area (Å²) in [5.74, 6) is -0.219. The van der Waals surface area contributed by atoms with Crippen molar-refractivity contribution >= 4 is 28.8 Å². The second-order valence-electron chi connectivity index (χ2n) is 8.88. The number of amidine groups is 1. The number of hydrogen-bond acceptors (Lipinski definition) is 6. The molecular formula is C25H31N3O3S. The zero-order valence-corrected chi connectivity index (χ0v) is 20.1. The first-order chi connectivity index (χ1) is 15.3. The van der Waals surface area contributed by atoms with E-state index in [9.17, 15) is 9.59 Å². The highest BCUT2D eigenvalue weighted by molar-refractivity contribution is 8.16. The molecule has 1 fully saturated rings. The summed E-state index contributed by atoms with van der Waals surface area (Å²) in [6.07, 6.45) is 3.39. The van der Waals surface area contributed by atoms with Crippen molar-refractivity contribution in [3.63, 3.8) is 0 Å². The van der Waals surface area contributed by atoms with Gasteiger partial charge in [0.05, 0.1) is 29.8 Å². The van der Waals surface area contributed by atoms with Crippen molar-refractivity contribution in [2.24, 2.45) is 4.99 Å². The van der Waals surface area contributed by atoms with E-state index in [1.165, 1.54) is 18.2 Å². The lowest BCUT2D eigenvalue weighted by atomic mass is 9.93. The molecule has 1 saturated heterocycles. The molecule has 0 radical (unpaired) electrons. The van der Waals surface area contributed by atoms with Crippen molar-refractivity contribution in [3.05, 3.63) is 57.8 Å². The number of thioether (sulfide) groups is 1. The fourth-order valence-electron chi connectivity index (χ4n) is 4.47. The maximum atomic E-state index is 13.2. The van der Waals surface area contributed by atoms with E-state index in [2.05, 4.69) is 11.0 Å². The van der Waals surface area contributed by atoms with Crippen molar-refractivity contribution in [1.82, 2.24) is 9.80 Å². The highest BCUT2D eigenvalue weighted by atomic mass is 32.2. The van der Waals surface area contributed by atoms with Crippen LogP contribution in [0, 0.1) is 6.92 Å². The molecule has 0 saturated carbocycles. The van der Waals surface area contributed by atoms with Crippen LogP contribution >= 0.6 is 11.8 Å². The quantitative estimate of drug-likeness (QED) is 0.592. The molecule has 32 heavy (non-hydrogen) atoms. The molecular weight excluding hydrogens is 422 g/mol. The average molecular weight is 454 g/mol. The first-order valence-electron chi connectivity index (χ1n) is 11.3. The van der Waals surface area contributed by atoms with Gasteiger partial charge in [0.2, 0.25) is 5.91 Å². The normalized spacial score (nSPS) is 20.8. The molecule has 0 aromatic heterocycles. The van der Waals surface area contributed by atoms with Gasteiger partial charge in [0.25, 0.3) is 0 Å². The lowest BCUT2D eigenvalue weighted by molar-refractivity contribution is -0.143. The monoisotopic (exact) mass is 453 g/mol. The number of esters is 1. The summed E-state index contributed by atoms with van der Waals surface area (Å²) in [6.45, 7) is 9.25. The number of amides is 1. The highest BCUT2D eigenvalue weighted by Gasteiger charge is 2.41. The van der Waals surface area contributed by atoms with Gasteiger partial charge < -0.3 is 14.5 Å². The third kappa shape index (κ3) is 4.63. The number of nitrogens with zero attached hydrogens (tertiary/aromatic N) is 3.